The molecule has 0 spiro atoms. The summed E-state index contributed by atoms with van der Waals surface area (Å²) < 4.78 is 25.6. The molecule has 2 fully saturated rings. The monoisotopic (exact) mass is 378 g/mol. The lowest BCUT2D eigenvalue weighted by Gasteiger charge is -2.42. The summed E-state index contributed by atoms with van der Waals surface area (Å²) in [7, 11) is -3.06. The SMILES string of the molecule is CS(=O)(=O)N1CCN(CC2CNCCN2c2csc(Cl)c2)CC1. The molecule has 3 rings (SSSR count). The van der Waals surface area contributed by atoms with Crippen molar-refractivity contribution in [3.05, 3.63) is 15.8 Å². The Hall–Kier alpha value is -0.380. The van der Waals surface area contributed by atoms with Gasteiger partial charge in [0.15, 0.2) is 0 Å². The molecule has 2 aliphatic heterocycles. The zero-order valence-electron chi connectivity index (χ0n) is 13.2. The molecular weight excluding hydrogens is 356 g/mol. The minimum atomic E-state index is -3.06. The highest BCUT2D eigenvalue weighted by Gasteiger charge is 2.28. The van der Waals surface area contributed by atoms with E-state index in [2.05, 4.69) is 20.5 Å². The van der Waals surface area contributed by atoms with Gasteiger partial charge in [0, 0.05) is 63.4 Å². The fraction of sp³-hybridized carbons (Fsp3) is 0.714. The van der Waals surface area contributed by atoms with E-state index in [9.17, 15) is 8.42 Å². The maximum atomic E-state index is 11.6. The molecule has 1 aromatic heterocycles. The van der Waals surface area contributed by atoms with Gasteiger partial charge in [0.1, 0.15) is 0 Å². The van der Waals surface area contributed by atoms with E-state index in [1.54, 1.807) is 15.6 Å². The Balaban J connectivity index is 1.60. The van der Waals surface area contributed by atoms with Crippen LogP contribution >= 0.6 is 22.9 Å². The first-order valence-electron chi connectivity index (χ1n) is 7.82. The molecule has 1 unspecified atom stereocenters. The van der Waals surface area contributed by atoms with Crippen LogP contribution in [0.5, 0.6) is 0 Å². The fourth-order valence-electron chi connectivity index (χ4n) is 3.26. The molecule has 9 heteroatoms. The average Bonchev–Trinajstić information content (AvgIpc) is 2.94. The van der Waals surface area contributed by atoms with E-state index < -0.39 is 10.0 Å². The molecule has 0 amide bonds. The van der Waals surface area contributed by atoms with E-state index in [0.29, 0.717) is 19.1 Å². The summed E-state index contributed by atoms with van der Waals surface area (Å²) in [6.45, 7) is 6.60. The van der Waals surface area contributed by atoms with E-state index in [-0.39, 0.29) is 0 Å². The number of anilines is 1. The molecule has 0 bridgehead atoms. The van der Waals surface area contributed by atoms with Crippen molar-refractivity contribution in [3.63, 3.8) is 0 Å². The maximum absolute atomic E-state index is 11.6. The van der Waals surface area contributed by atoms with Crippen molar-refractivity contribution >= 4 is 38.6 Å². The summed E-state index contributed by atoms with van der Waals surface area (Å²) in [6.07, 6.45) is 1.29. The summed E-state index contributed by atoms with van der Waals surface area (Å²) >= 11 is 7.65. The van der Waals surface area contributed by atoms with Gasteiger partial charge in [-0.25, -0.2) is 8.42 Å². The van der Waals surface area contributed by atoms with Crippen molar-refractivity contribution in [2.24, 2.45) is 0 Å². The molecule has 2 aliphatic rings. The minimum absolute atomic E-state index is 0.388. The van der Waals surface area contributed by atoms with Crippen molar-refractivity contribution in [2.45, 2.75) is 6.04 Å². The third-order valence-electron chi connectivity index (χ3n) is 4.50. The molecular formula is C14H23ClN4O2S2. The van der Waals surface area contributed by atoms with Gasteiger partial charge in [-0.15, -0.1) is 11.3 Å². The third-order valence-corrected chi connectivity index (χ3v) is 6.89. The highest BCUT2D eigenvalue weighted by Crippen LogP contribution is 2.29. The Kier molecular flexibility index (Phi) is 5.49. The first-order chi connectivity index (χ1) is 10.9. The van der Waals surface area contributed by atoms with Crippen LogP contribution in [0.1, 0.15) is 0 Å². The molecule has 2 saturated heterocycles. The molecule has 6 nitrogen and oxygen atoms in total. The predicted molar refractivity (Wildman–Crippen MR) is 96.2 cm³/mol. The van der Waals surface area contributed by atoms with E-state index in [0.717, 1.165) is 43.6 Å². The number of piperazine rings is 2. The molecule has 1 N–H and O–H groups in total. The second-order valence-electron chi connectivity index (χ2n) is 6.12. The normalized spacial score (nSPS) is 25.0. The summed E-state index contributed by atoms with van der Waals surface area (Å²) in [4.78, 5) is 4.78. The maximum Gasteiger partial charge on any atom is 0.211 e. The van der Waals surface area contributed by atoms with Crippen LogP contribution in [0, 0.1) is 0 Å². The van der Waals surface area contributed by atoms with Crippen LogP contribution in [0.2, 0.25) is 4.34 Å². The molecule has 1 atom stereocenters. The van der Waals surface area contributed by atoms with Gasteiger partial charge >= 0.3 is 0 Å². The van der Waals surface area contributed by atoms with Gasteiger partial charge in [-0.05, 0) is 6.07 Å². The zero-order valence-corrected chi connectivity index (χ0v) is 15.6. The second-order valence-corrected chi connectivity index (χ2v) is 9.65. The standard InChI is InChI=1S/C14H23ClN4O2S2/c1-23(20,21)18-6-4-17(5-7-18)10-13-9-16-2-3-19(13)12-8-14(15)22-11-12/h8,11,13,16H,2-7,9-10H2,1H3. The number of rotatable bonds is 4. The molecule has 1 aromatic rings. The topological polar surface area (TPSA) is 55.9 Å². The number of hydrogen-bond donors (Lipinski definition) is 1. The summed E-state index contributed by atoms with van der Waals surface area (Å²) in [6, 6.07) is 2.42. The van der Waals surface area contributed by atoms with Gasteiger partial charge in [-0.2, -0.15) is 4.31 Å². The first-order valence-corrected chi connectivity index (χ1v) is 10.9. The third kappa shape index (κ3) is 4.37. The van der Waals surface area contributed by atoms with Crippen molar-refractivity contribution in [2.75, 3.05) is 63.5 Å². The Labute approximate surface area is 147 Å². The van der Waals surface area contributed by atoms with Crippen LogP contribution in [0.25, 0.3) is 0 Å². The Bertz CT molecular complexity index is 628. The van der Waals surface area contributed by atoms with E-state index in [1.165, 1.54) is 11.9 Å². The van der Waals surface area contributed by atoms with Gasteiger partial charge in [0.05, 0.1) is 16.6 Å². The lowest BCUT2D eigenvalue weighted by atomic mass is 10.1. The molecule has 3 heterocycles. The van der Waals surface area contributed by atoms with Crippen LogP contribution in [0.3, 0.4) is 0 Å². The first kappa shape index (κ1) is 17.4. The average molecular weight is 379 g/mol. The van der Waals surface area contributed by atoms with Crippen molar-refractivity contribution in [1.82, 2.24) is 14.5 Å². The smallest absolute Gasteiger partial charge is 0.211 e. The summed E-state index contributed by atoms with van der Waals surface area (Å²) in [5.74, 6) is 0. The van der Waals surface area contributed by atoms with Crippen molar-refractivity contribution < 1.29 is 8.42 Å². The van der Waals surface area contributed by atoms with Crippen molar-refractivity contribution in [3.8, 4) is 0 Å². The van der Waals surface area contributed by atoms with Gasteiger partial charge < -0.3 is 10.2 Å². The highest BCUT2D eigenvalue weighted by molar-refractivity contribution is 7.88. The molecule has 0 saturated carbocycles. The molecule has 0 aliphatic carbocycles. The molecule has 0 aromatic carbocycles. The van der Waals surface area contributed by atoms with Gasteiger partial charge in [-0.3, -0.25) is 4.90 Å². The van der Waals surface area contributed by atoms with Crippen LogP contribution in [-0.4, -0.2) is 82.3 Å². The lowest BCUT2D eigenvalue weighted by Crippen LogP contribution is -2.58. The van der Waals surface area contributed by atoms with E-state index in [1.807, 2.05) is 6.07 Å². The number of nitrogens with one attached hydrogen (secondary N) is 1. The number of sulfonamides is 1. The van der Waals surface area contributed by atoms with Gasteiger partial charge in [0.2, 0.25) is 10.0 Å². The lowest BCUT2D eigenvalue weighted by molar-refractivity contribution is 0.174. The summed E-state index contributed by atoms with van der Waals surface area (Å²) in [5.41, 5.74) is 1.20. The van der Waals surface area contributed by atoms with E-state index in [4.69, 9.17) is 11.6 Å². The van der Waals surface area contributed by atoms with Crippen molar-refractivity contribution in [1.29, 1.82) is 0 Å². The number of halogens is 1. The zero-order chi connectivity index (χ0) is 16.4. The molecule has 0 radical (unpaired) electrons. The largest absolute Gasteiger partial charge is 0.364 e. The number of nitrogens with zero attached hydrogens (tertiary/aromatic N) is 3. The molecule has 130 valence electrons. The van der Waals surface area contributed by atoms with Gasteiger partial charge in [-0.1, -0.05) is 11.6 Å². The Morgan fingerprint density at radius 3 is 2.65 bits per heavy atom. The van der Waals surface area contributed by atoms with Crippen LogP contribution in [0.4, 0.5) is 5.69 Å². The predicted octanol–water partition coefficient (Wildman–Crippen LogP) is 0.757. The fourth-order valence-corrected chi connectivity index (χ4v) is 4.95. The number of hydrogen-bond acceptors (Lipinski definition) is 6. The quantitative estimate of drug-likeness (QED) is 0.838. The Morgan fingerprint density at radius 1 is 1.30 bits per heavy atom. The highest BCUT2D eigenvalue weighted by atomic mass is 35.5. The van der Waals surface area contributed by atoms with Gasteiger partial charge in [0.25, 0.3) is 0 Å². The van der Waals surface area contributed by atoms with E-state index >= 15 is 0 Å². The molecule has 23 heavy (non-hydrogen) atoms. The van der Waals surface area contributed by atoms with Crippen LogP contribution < -0.4 is 10.2 Å². The number of thiophene rings is 1. The second kappa shape index (κ2) is 7.25. The van der Waals surface area contributed by atoms with Crippen LogP contribution in [0.15, 0.2) is 11.4 Å². The van der Waals surface area contributed by atoms with Crippen LogP contribution in [-0.2, 0) is 10.0 Å². The summed E-state index contributed by atoms with van der Waals surface area (Å²) in [5, 5.41) is 5.57. The minimum Gasteiger partial charge on any atom is -0.364 e. The Morgan fingerprint density at radius 2 is 2.04 bits per heavy atom.